The van der Waals surface area contributed by atoms with Gasteiger partial charge in [-0.25, -0.2) is 0 Å². The first-order chi connectivity index (χ1) is 8.69. The van der Waals surface area contributed by atoms with Crippen molar-refractivity contribution < 1.29 is 9.53 Å². The summed E-state index contributed by atoms with van der Waals surface area (Å²) in [6.07, 6.45) is 0. The van der Waals surface area contributed by atoms with Crippen LogP contribution in [-0.2, 0) is 0 Å². The Bertz CT molecular complexity index is 552. The van der Waals surface area contributed by atoms with Crippen molar-refractivity contribution in [2.75, 3.05) is 12.4 Å². The highest BCUT2D eigenvalue weighted by Crippen LogP contribution is 2.16. The summed E-state index contributed by atoms with van der Waals surface area (Å²) < 4.78 is 5.07. The SMILES string of the molecule is COc1cccc(C(=O)Nc2ccc(Cl)cc2)c1. The molecule has 0 aromatic heterocycles. The van der Waals surface area contributed by atoms with Crippen molar-refractivity contribution in [1.29, 1.82) is 0 Å². The Hall–Kier alpha value is -2.00. The molecular formula is C14H12ClNO2. The average molecular weight is 262 g/mol. The van der Waals surface area contributed by atoms with Gasteiger partial charge < -0.3 is 10.1 Å². The quantitative estimate of drug-likeness (QED) is 0.917. The largest absolute Gasteiger partial charge is 0.497 e. The van der Waals surface area contributed by atoms with E-state index < -0.39 is 0 Å². The van der Waals surface area contributed by atoms with Crippen LogP contribution in [0.3, 0.4) is 0 Å². The second-order valence-corrected chi connectivity index (χ2v) is 4.13. The van der Waals surface area contributed by atoms with E-state index in [1.54, 1.807) is 55.6 Å². The minimum Gasteiger partial charge on any atom is -0.497 e. The molecule has 0 saturated carbocycles. The van der Waals surface area contributed by atoms with Crippen LogP contribution in [-0.4, -0.2) is 13.0 Å². The summed E-state index contributed by atoms with van der Waals surface area (Å²) in [7, 11) is 1.57. The third-order valence-electron chi connectivity index (χ3n) is 2.43. The van der Waals surface area contributed by atoms with Gasteiger partial charge in [-0.3, -0.25) is 4.79 Å². The Morgan fingerprint density at radius 1 is 1.17 bits per heavy atom. The highest BCUT2D eigenvalue weighted by molar-refractivity contribution is 6.30. The molecule has 2 aromatic carbocycles. The molecule has 0 saturated heterocycles. The van der Waals surface area contributed by atoms with E-state index in [0.29, 0.717) is 22.0 Å². The smallest absolute Gasteiger partial charge is 0.255 e. The number of nitrogens with one attached hydrogen (secondary N) is 1. The monoisotopic (exact) mass is 261 g/mol. The van der Waals surface area contributed by atoms with Crippen LogP contribution in [0.4, 0.5) is 5.69 Å². The normalized spacial score (nSPS) is 9.89. The molecule has 0 spiro atoms. The predicted octanol–water partition coefficient (Wildman–Crippen LogP) is 3.60. The fourth-order valence-electron chi connectivity index (χ4n) is 1.50. The molecule has 0 aliphatic carbocycles. The zero-order valence-electron chi connectivity index (χ0n) is 9.81. The van der Waals surface area contributed by atoms with Crippen LogP contribution in [0, 0.1) is 0 Å². The number of ether oxygens (including phenoxy) is 1. The predicted molar refractivity (Wildman–Crippen MR) is 72.4 cm³/mol. The van der Waals surface area contributed by atoms with Crippen LogP contribution in [0.25, 0.3) is 0 Å². The molecule has 0 fully saturated rings. The zero-order chi connectivity index (χ0) is 13.0. The maximum absolute atomic E-state index is 12.0. The third-order valence-corrected chi connectivity index (χ3v) is 2.69. The summed E-state index contributed by atoms with van der Waals surface area (Å²) >= 11 is 5.78. The lowest BCUT2D eigenvalue weighted by atomic mass is 10.2. The number of hydrogen-bond acceptors (Lipinski definition) is 2. The van der Waals surface area contributed by atoms with Crippen molar-refractivity contribution in [3.8, 4) is 5.75 Å². The first kappa shape index (κ1) is 12.5. The molecule has 1 amide bonds. The van der Waals surface area contributed by atoms with Gasteiger partial charge in [0.2, 0.25) is 0 Å². The van der Waals surface area contributed by atoms with E-state index in [9.17, 15) is 4.79 Å². The molecule has 0 aliphatic rings. The molecule has 2 rings (SSSR count). The van der Waals surface area contributed by atoms with Crippen molar-refractivity contribution in [3.63, 3.8) is 0 Å². The Morgan fingerprint density at radius 2 is 1.89 bits per heavy atom. The van der Waals surface area contributed by atoms with Gasteiger partial charge >= 0.3 is 0 Å². The molecule has 0 bridgehead atoms. The van der Waals surface area contributed by atoms with Crippen LogP contribution in [0.15, 0.2) is 48.5 Å². The van der Waals surface area contributed by atoms with Gasteiger partial charge in [0.05, 0.1) is 7.11 Å². The van der Waals surface area contributed by atoms with Crippen molar-refractivity contribution in [1.82, 2.24) is 0 Å². The van der Waals surface area contributed by atoms with E-state index in [1.807, 2.05) is 0 Å². The molecule has 0 unspecified atom stereocenters. The van der Waals surface area contributed by atoms with Gasteiger partial charge in [0, 0.05) is 16.3 Å². The van der Waals surface area contributed by atoms with Gasteiger partial charge in [0.15, 0.2) is 0 Å². The maximum atomic E-state index is 12.0. The average Bonchev–Trinajstić information content (AvgIpc) is 2.41. The van der Waals surface area contributed by atoms with E-state index in [4.69, 9.17) is 16.3 Å². The van der Waals surface area contributed by atoms with Gasteiger partial charge in [0.25, 0.3) is 5.91 Å². The number of amides is 1. The van der Waals surface area contributed by atoms with Crippen molar-refractivity contribution in [2.24, 2.45) is 0 Å². The lowest BCUT2D eigenvalue weighted by Gasteiger charge is -2.06. The van der Waals surface area contributed by atoms with Crippen molar-refractivity contribution >= 4 is 23.2 Å². The van der Waals surface area contributed by atoms with Crippen LogP contribution >= 0.6 is 11.6 Å². The fourth-order valence-corrected chi connectivity index (χ4v) is 1.63. The summed E-state index contributed by atoms with van der Waals surface area (Å²) in [5.74, 6) is 0.468. The first-order valence-electron chi connectivity index (χ1n) is 5.40. The van der Waals surface area contributed by atoms with Gasteiger partial charge in [-0.15, -0.1) is 0 Å². The maximum Gasteiger partial charge on any atom is 0.255 e. The summed E-state index contributed by atoms with van der Waals surface area (Å²) in [6, 6.07) is 13.9. The van der Waals surface area contributed by atoms with Gasteiger partial charge in [-0.2, -0.15) is 0 Å². The number of carbonyl (C=O) groups excluding carboxylic acids is 1. The highest BCUT2D eigenvalue weighted by atomic mass is 35.5. The number of carbonyl (C=O) groups is 1. The minimum absolute atomic E-state index is 0.184. The first-order valence-corrected chi connectivity index (χ1v) is 5.78. The number of methoxy groups -OCH3 is 1. The molecule has 18 heavy (non-hydrogen) atoms. The molecule has 2 aromatic rings. The number of anilines is 1. The van der Waals surface area contributed by atoms with E-state index in [0.717, 1.165) is 0 Å². The molecule has 0 heterocycles. The van der Waals surface area contributed by atoms with Gasteiger partial charge in [-0.1, -0.05) is 17.7 Å². The second-order valence-electron chi connectivity index (χ2n) is 3.69. The van der Waals surface area contributed by atoms with Gasteiger partial charge in [-0.05, 0) is 42.5 Å². The topological polar surface area (TPSA) is 38.3 Å². The number of rotatable bonds is 3. The molecule has 0 atom stereocenters. The van der Waals surface area contributed by atoms with Crippen LogP contribution < -0.4 is 10.1 Å². The van der Waals surface area contributed by atoms with Gasteiger partial charge in [0.1, 0.15) is 5.75 Å². The van der Waals surface area contributed by atoms with E-state index in [2.05, 4.69) is 5.32 Å². The molecule has 3 nitrogen and oxygen atoms in total. The summed E-state index contributed by atoms with van der Waals surface area (Å²) in [4.78, 5) is 12.0. The molecule has 92 valence electrons. The Kier molecular flexibility index (Phi) is 3.85. The molecule has 4 heteroatoms. The number of hydrogen-bond donors (Lipinski definition) is 1. The number of benzene rings is 2. The standard InChI is InChI=1S/C14H12ClNO2/c1-18-13-4-2-3-10(9-13)14(17)16-12-7-5-11(15)6-8-12/h2-9H,1H3,(H,16,17). The van der Waals surface area contributed by atoms with Crippen molar-refractivity contribution in [3.05, 3.63) is 59.1 Å². The zero-order valence-corrected chi connectivity index (χ0v) is 10.6. The fraction of sp³-hybridized carbons (Fsp3) is 0.0714. The van der Waals surface area contributed by atoms with Crippen LogP contribution in [0.1, 0.15) is 10.4 Å². The highest BCUT2D eigenvalue weighted by Gasteiger charge is 2.06. The molecular weight excluding hydrogens is 250 g/mol. The third kappa shape index (κ3) is 3.02. The Balaban J connectivity index is 2.14. The Morgan fingerprint density at radius 3 is 2.56 bits per heavy atom. The lowest BCUT2D eigenvalue weighted by molar-refractivity contribution is 0.102. The van der Waals surface area contributed by atoms with Crippen LogP contribution in [0.2, 0.25) is 5.02 Å². The number of halogens is 1. The Labute approximate surface area is 110 Å². The summed E-state index contributed by atoms with van der Waals surface area (Å²) in [5, 5.41) is 3.42. The van der Waals surface area contributed by atoms with E-state index >= 15 is 0 Å². The van der Waals surface area contributed by atoms with Crippen LogP contribution in [0.5, 0.6) is 5.75 Å². The lowest BCUT2D eigenvalue weighted by Crippen LogP contribution is -2.11. The molecule has 1 N–H and O–H groups in total. The van der Waals surface area contributed by atoms with Crippen molar-refractivity contribution in [2.45, 2.75) is 0 Å². The second kappa shape index (κ2) is 5.56. The summed E-state index contributed by atoms with van der Waals surface area (Å²) in [6.45, 7) is 0. The molecule has 0 radical (unpaired) electrons. The molecule has 0 aliphatic heterocycles. The summed E-state index contributed by atoms with van der Waals surface area (Å²) in [5.41, 5.74) is 1.25. The minimum atomic E-state index is -0.184. The van der Waals surface area contributed by atoms with E-state index in [-0.39, 0.29) is 5.91 Å². The van der Waals surface area contributed by atoms with E-state index in [1.165, 1.54) is 0 Å².